The third kappa shape index (κ3) is 4.13. The van der Waals surface area contributed by atoms with Gasteiger partial charge in [0, 0.05) is 39.5 Å². The van der Waals surface area contributed by atoms with Crippen LogP contribution >= 0.6 is 0 Å². The van der Waals surface area contributed by atoms with Crippen LogP contribution in [0.15, 0.2) is 48.7 Å². The fraction of sp³-hybridized carbons (Fsp3) is 0.480. The van der Waals surface area contributed by atoms with Gasteiger partial charge in [0.25, 0.3) is 0 Å². The van der Waals surface area contributed by atoms with Crippen LogP contribution in [0.3, 0.4) is 0 Å². The lowest BCUT2D eigenvalue weighted by Crippen LogP contribution is -2.59. The highest BCUT2D eigenvalue weighted by Gasteiger charge is 2.50. The van der Waals surface area contributed by atoms with Gasteiger partial charge in [0.05, 0.1) is 11.1 Å². The molecule has 0 aliphatic carbocycles. The van der Waals surface area contributed by atoms with Gasteiger partial charge in [0.2, 0.25) is 11.8 Å². The number of likely N-dealkylation sites (tertiary alicyclic amines) is 1. The lowest BCUT2D eigenvalue weighted by Gasteiger charge is -2.46. The zero-order chi connectivity index (χ0) is 22.6. The molecule has 0 saturated carbocycles. The Morgan fingerprint density at radius 3 is 2.56 bits per heavy atom. The first-order chi connectivity index (χ1) is 15.5. The van der Waals surface area contributed by atoms with E-state index >= 15 is 0 Å². The van der Waals surface area contributed by atoms with Gasteiger partial charge < -0.3 is 15.0 Å². The lowest BCUT2D eigenvalue weighted by molar-refractivity contribution is -0.151. The number of nitrogens with one attached hydrogen (secondary N) is 1. The SMILES string of the molecule is CNC(=O)[C@]1(c2ccccn2)CCCN(C(=O)C2(Cc3ccccc3F)CCOCC2)C1. The van der Waals surface area contributed by atoms with E-state index in [4.69, 9.17) is 4.74 Å². The molecule has 2 saturated heterocycles. The first-order valence-electron chi connectivity index (χ1n) is 11.2. The highest BCUT2D eigenvalue weighted by atomic mass is 19.1. The van der Waals surface area contributed by atoms with Crippen molar-refractivity contribution in [3.8, 4) is 0 Å². The summed E-state index contributed by atoms with van der Waals surface area (Å²) in [6.45, 7) is 1.77. The van der Waals surface area contributed by atoms with Crippen LogP contribution in [0.25, 0.3) is 0 Å². The molecule has 4 rings (SSSR count). The summed E-state index contributed by atoms with van der Waals surface area (Å²) in [6, 6.07) is 12.2. The normalized spacial score (nSPS) is 22.9. The number of pyridine rings is 1. The van der Waals surface area contributed by atoms with E-state index in [0.717, 1.165) is 0 Å². The van der Waals surface area contributed by atoms with Crippen molar-refractivity contribution in [2.75, 3.05) is 33.4 Å². The molecular formula is C25H30FN3O3. The van der Waals surface area contributed by atoms with E-state index in [9.17, 15) is 14.0 Å². The Bertz CT molecular complexity index is 962. The predicted octanol–water partition coefficient (Wildman–Crippen LogP) is 2.87. The Kier molecular flexibility index (Phi) is 6.55. The molecule has 0 radical (unpaired) electrons. The summed E-state index contributed by atoms with van der Waals surface area (Å²) in [4.78, 5) is 33.4. The minimum atomic E-state index is -0.895. The first-order valence-corrected chi connectivity index (χ1v) is 11.2. The Morgan fingerprint density at radius 1 is 1.12 bits per heavy atom. The Labute approximate surface area is 188 Å². The molecule has 3 heterocycles. The van der Waals surface area contributed by atoms with Crippen LogP contribution in [-0.2, 0) is 26.2 Å². The average Bonchev–Trinajstić information content (AvgIpc) is 2.85. The molecule has 7 heteroatoms. The zero-order valence-corrected chi connectivity index (χ0v) is 18.5. The number of carbonyl (C=O) groups is 2. The number of hydrogen-bond donors (Lipinski definition) is 1. The fourth-order valence-electron chi connectivity index (χ4n) is 5.19. The van der Waals surface area contributed by atoms with Crippen LogP contribution < -0.4 is 5.32 Å². The average molecular weight is 440 g/mol. The number of rotatable bonds is 5. The number of piperidine rings is 1. The summed E-state index contributed by atoms with van der Waals surface area (Å²) < 4.78 is 20.1. The highest BCUT2D eigenvalue weighted by Crippen LogP contribution is 2.40. The number of benzene rings is 1. The second-order valence-electron chi connectivity index (χ2n) is 8.87. The van der Waals surface area contributed by atoms with Crippen molar-refractivity contribution in [1.29, 1.82) is 0 Å². The Morgan fingerprint density at radius 2 is 1.88 bits per heavy atom. The van der Waals surface area contributed by atoms with E-state index in [1.165, 1.54) is 6.07 Å². The summed E-state index contributed by atoms with van der Waals surface area (Å²) >= 11 is 0. The number of likely N-dealkylation sites (N-methyl/N-ethyl adjacent to an activating group) is 1. The minimum Gasteiger partial charge on any atom is -0.381 e. The second-order valence-corrected chi connectivity index (χ2v) is 8.87. The second kappa shape index (κ2) is 9.36. The number of hydrogen-bond acceptors (Lipinski definition) is 4. The van der Waals surface area contributed by atoms with Gasteiger partial charge in [-0.15, -0.1) is 0 Å². The van der Waals surface area contributed by atoms with Crippen LogP contribution in [0, 0.1) is 11.2 Å². The number of halogens is 1. The maximum atomic E-state index is 14.5. The quantitative estimate of drug-likeness (QED) is 0.778. The predicted molar refractivity (Wildman–Crippen MR) is 118 cm³/mol. The minimum absolute atomic E-state index is 0.0204. The smallest absolute Gasteiger partial charge is 0.233 e. The van der Waals surface area contributed by atoms with Gasteiger partial charge in [-0.25, -0.2) is 4.39 Å². The zero-order valence-electron chi connectivity index (χ0n) is 18.5. The number of amides is 2. The molecule has 6 nitrogen and oxygen atoms in total. The third-order valence-electron chi connectivity index (χ3n) is 6.99. The number of aromatic nitrogens is 1. The van der Waals surface area contributed by atoms with Gasteiger partial charge >= 0.3 is 0 Å². The van der Waals surface area contributed by atoms with Gasteiger partial charge in [-0.1, -0.05) is 24.3 Å². The summed E-state index contributed by atoms with van der Waals surface area (Å²) in [5, 5.41) is 2.78. The maximum absolute atomic E-state index is 14.5. The van der Waals surface area contributed by atoms with Gasteiger partial charge in [-0.3, -0.25) is 14.6 Å². The highest BCUT2D eigenvalue weighted by molar-refractivity contribution is 5.90. The van der Waals surface area contributed by atoms with Crippen molar-refractivity contribution >= 4 is 11.8 Å². The van der Waals surface area contributed by atoms with Crippen molar-refractivity contribution in [3.05, 3.63) is 65.7 Å². The van der Waals surface area contributed by atoms with Crippen LogP contribution in [0.1, 0.15) is 36.9 Å². The van der Waals surface area contributed by atoms with Crippen molar-refractivity contribution in [3.63, 3.8) is 0 Å². The molecular weight excluding hydrogens is 409 g/mol. The Balaban J connectivity index is 1.66. The molecule has 2 fully saturated rings. The van der Waals surface area contributed by atoms with Crippen LogP contribution in [0.4, 0.5) is 4.39 Å². The van der Waals surface area contributed by atoms with Crippen LogP contribution in [-0.4, -0.2) is 55.0 Å². The first kappa shape index (κ1) is 22.4. The molecule has 2 amide bonds. The van der Waals surface area contributed by atoms with E-state index < -0.39 is 10.8 Å². The van der Waals surface area contributed by atoms with Gasteiger partial charge in [0.15, 0.2) is 0 Å². The van der Waals surface area contributed by atoms with Crippen molar-refractivity contribution in [1.82, 2.24) is 15.2 Å². The van der Waals surface area contributed by atoms with Crippen molar-refractivity contribution in [2.45, 2.75) is 37.5 Å². The molecule has 170 valence electrons. The van der Waals surface area contributed by atoms with Crippen LogP contribution in [0.5, 0.6) is 0 Å². The molecule has 1 N–H and O–H groups in total. The van der Waals surface area contributed by atoms with E-state index in [0.29, 0.717) is 63.1 Å². The van der Waals surface area contributed by atoms with Crippen molar-refractivity contribution in [2.24, 2.45) is 5.41 Å². The molecule has 2 aliphatic rings. The summed E-state index contributed by atoms with van der Waals surface area (Å²) in [7, 11) is 1.62. The number of ether oxygens (including phenoxy) is 1. The Hall–Kier alpha value is -2.80. The molecule has 0 spiro atoms. The van der Waals surface area contributed by atoms with E-state index in [2.05, 4.69) is 10.3 Å². The van der Waals surface area contributed by atoms with Crippen molar-refractivity contribution < 1.29 is 18.7 Å². The summed E-state index contributed by atoms with van der Waals surface area (Å²) in [5.74, 6) is -0.449. The number of carbonyl (C=O) groups excluding carboxylic acids is 2. The summed E-state index contributed by atoms with van der Waals surface area (Å²) in [6.07, 6.45) is 4.40. The molecule has 32 heavy (non-hydrogen) atoms. The molecule has 1 aromatic carbocycles. The maximum Gasteiger partial charge on any atom is 0.233 e. The largest absolute Gasteiger partial charge is 0.381 e. The molecule has 0 unspecified atom stereocenters. The summed E-state index contributed by atoms with van der Waals surface area (Å²) in [5.41, 5.74) is -0.418. The standard InChI is InChI=1S/C25H30FN3O3/c1-27-22(30)25(21-9-4-5-13-28-21)10-6-14-29(18-25)23(31)24(11-15-32-16-12-24)17-19-7-2-3-8-20(19)26/h2-5,7-9,13H,6,10-12,14-18H2,1H3,(H,27,30)/t25-/m1/s1. The molecule has 0 bridgehead atoms. The molecule has 1 aromatic heterocycles. The molecule has 2 aliphatic heterocycles. The molecule has 2 aromatic rings. The van der Waals surface area contributed by atoms with Gasteiger partial charge in [-0.05, 0) is 55.9 Å². The van der Waals surface area contributed by atoms with E-state index in [1.807, 2.05) is 18.2 Å². The fourth-order valence-corrected chi connectivity index (χ4v) is 5.19. The van der Waals surface area contributed by atoms with E-state index in [-0.39, 0.29) is 24.2 Å². The topological polar surface area (TPSA) is 71.5 Å². The van der Waals surface area contributed by atoms with Crippen LogP contribution in [0.2, 0.25) is 0 Å². The monoisotopic (exact) mass is 439 g/mol. The number of nitrogens with zero attached hydrogens (tertiary/aromatic N) is 2. The van der Waals surface area contributed by atoms with Gasteiger partial charge in [0.1, 0.15) is 11.2 Å². The molecule has 1 atom stereocenters. The van der Waals surface area contributed by atoms with Gasteiger partial charge in [-0.2, -0.15) is 0 Å². The third-order valence-corrected chi connectivity index (χ3v) is 6.99. The lowest BCUT2D eigenvalue weighted by atomic mass is 9.71. The van der Waals surface area contributed by atoms with E-state index in [1.54, 1.807) is 36.3 Å².